The van der Waals surface area contributed by atoms with Gasteiger partial charge in [0.25, 0.3) is 0 Å². The molecule has 0 aliphatic carbocycles. The summed E-state index contributed by atoms with van der Waals surface area (Å²) in [5, 5.41) is 4.34. The number of ether oxygens (including phenoxy) is 1. The van der Waals surface area contributed by atoms with E-state index in [1.807, 2.05) is 30.3 Å². The first kappa shape index (κ1) is 16.6. The van der Waals surface area contributed by atoms with Crippen molar-refractivity contribution in [1.82, 2.24) is 9.97 Å². The highest BCUT2D eigenvalue weighted by molar-refractivity contribution is 6.35. The number of benzene rings is 2. The summed E-state index contributed by atoms with van der Waals surface area (Å²) >= 11 is 12.2. The standard InChI is InChI=1S/C18H15Cl2N3O/c19-15-7-4-8-16(20)14(15)12-24-18-11-22-17(10-23-18)21-9-13-5-2-1-3-6-13/h1-8,10-11H,9,12H2,(H,21,22). The molecule has 0 amide bonds. The predicted molar refractivity (Wildman–Crippen MR) is 96.6 cm³/mol. The van der Waals surface area contributed by atoms with Gasteiger partial charge >= 0.3 is 0 Å². The first-order valence-electron chi connectivity index (χ1n) is 7.38. The lowest BCUT2D eigenvalue weighted by Crippen LogP contribution is -2.03. The highest BCUT2D eigenvalue weighted by atomic mass is 35.5. The summed E-state index contributed by atoms with van der Waals surface area (Å²) in [6.07, 6.45) is 3.20. The number of halogens is 2. The molecule has 1 aromatic heterocycles. The van der Waals surface area contributed by atoms with Gasteiger partial charge < -0.3 is 10.1 Å². The molecule has 0 radical (unpaired) electrons. The summed E-state index contributed by atoms with van der Waals surface area (Å²) in [5.74, 6) is 1.10. The van der Waals surface area contributed by atoms with Crippen molar-refractivity contribution in [2.75, 3.05) is 5.32 Å². The Morgan fingerprint density at radius 3 is 2.29 bits per heavy atom. The number of hydrogen-bond donors (Lipinski definition) is 1. The van der Waals surface area contributed by atoms with Gasteiger partial charge in [-0.05, 0) is 17.7 Å². The van der Waals surface area contributed by atoms with Crippen LogP contribution in [0.4, 0.5) is 5.82 Å². The van der Waals surface area contributed by atoms with Crippen LogP contribution >= 0.6 is 23.2 Å². The van der Waals surface area contributed by atoms with E-state index in [2.05, 4.69) is 15.3 Å². The highest BCUT2D eigenvalue weighted by Crippen LogP contribution is 2.25. The van der Waals surface area contributed by atoms with Crippen molar-refractivity contribution in [3.63, 3.8) is 0 Å². The van der Waals surface area contributed by atoms with Gasteiger partial charge in [0.05, 0.1) is 12.4 Å². The largest absolute Gasteiger partial charge is 0.472 e. The molecule has 3 aromatic rings. The number of rotatable bonds is 6. The van der Waals surface area contributed by atoms with Gasteiger partial charge in [-0.2, -0.15) is 0 Å². The van der Waals surface area contributed by atoms with E-state index in [-0.39, 0.29) is 6.61 Å². The molecule has 0 saturated heterocycles. The molecule has 0 unspecified atom stereocenters. The molecule has 0 spiro atoms. The van der Waals surface area contributed by atoms with Crippen LogP contribution < -0.4 is 10.1 Å². The quantitative estimate of drug-likeness (QED) is 0.674. The third kappa shape index (κ3) is 4.37. The van der Waals surface area contributed by atoms with Gasteiger partial charge in [0.1, 0.15) is 12.4 Å². The maximum absolute atomic E-state index is 6.11. The van der Waals surface area contributed by atoms with Crippen LogP contribution in [0.5, 0.6) is 5.88 Å². The predicted octanol–water partition coefficient (Wildman–Crippen LogP) is 4.97. The third-order valence-electron chi connectivity index (χ3n) is 3.37. The van der Waals surface area contributed by atoms with E-state index in [0.29, 0.717) is 28.3 Å². The fourth-order valence-electron chi connectivity index (χ4n) is 2.09. The van der Waals surface area contributed by atoms with Crippen molar-refractivity contribution in [3.05, 3.63) is 82.1 Å². The molecule has 0 aliphatic rings. The van der Waals surface area contributed by atoms with Crippen LogP contribution in [0.2, 0.25) is 10.0 Å². The van der Waals surface area contributed by atoms with Gasteiger partial charge in [0.15, 0.2) is 0 Å². The van der Waals surface area contributed by atoms with Gasteiger partial charge in [-0.1, -0.05) is 59.6 Å². The Hall–Kier alpha value is -2.30. The van der Waals surface area contributed by atoms with Crippen molar-refractivity contribution in [2.24, 2.45) is 0 Å². The van der Waals surface area contributed by atoms with Crippen LogP contribution in [0.15, 0.2) is 60.9 Å². The van der Waals surface area contributed by atoms with Crippen LogP contribution in [-0.4, -0.2) is 9.97 Å². The van der Waals surface area contributed by atoms with Gasteiger partial charge in [-0.25, -0.2) is 9.97 Å². The Morgan fingerprint density at radius 2 is 1.62 bits per heavy atom. The van der Waals surface area contributed by atoms with Crippen LogP contribution in [-0.2, 0) is 13.2 Å². The molecule has 1 N–H and O–H groups in total. The Bertz CT molecular complexity index is 775. The molecule has 3 rings (SSSR count). The summed E-state index contributed by atoms with van der Waals surface area (Å²) in [6.45, 7) is 0.926. The van der Waals surface area contributed by atoms with E-state index < -0.39 is 0 Å². The normalized spacial score (nSPS) is 10.4. The average Bonchev–Trinajstić information content (AvgIpc) is 2.61. The molecule has 122 valence electrons. The molecule has 4 nitrogen and oxygen atoms in total. The summed E-state index contributed by atoms with van der Waals surface area (Å²) in [7, 11) is 0. The fourth-order valence-corrected chi connectivity index (χ4v) is 2.59. The van der Waals surface area contributed by atoms with Crippen molar-refractivity contribution in [3.8, 4) is 5.88 Å². The number of nitrogens with one attached hydrogen (secondary N) is 1. The summed E-state index contributed by atoms with van der Waals surface area (Å²) in [4.78, 5) is 8.52. The maximum Gasteiger partial charge on any atom is 0.232 e. The molecule has 0 fully saturated rings. The first-order chi connectivity index (χ1) is 11.7. The second kappa shape index (κ2) is 7.99. The van der Waals surface area contributed by atoms with Crippen LogP contribution in [0, 0.1) is 0 Å². The number of anilines is 1. The molecule has 1 heterocycles. The second-order valence-corrected chi connectivity index (χ2v) is 5.88. The van der Waals surface area contributed by atoms with E-state index in [4.69, 9.17) is 27.9 Å². The lowest BCUT2D eigenvalue weighted by Gasteiger charge is -2.09. The van der Waals surface area contributed by atoms with Crippen LogP contribution in [0.3, 0.4) is 0 Å². The smallest absolute Gasteiger partial charge is 0.232 e. The van der Waals surface area contributed by atoms with Crippen molar-refractivity contribution in [2.45, 2.75) is 13.2 Å². The van der Waals surface area contributed by atoms with Gasteiger partial charge in [0, 0.05) is 22.2 Å². The Balaban J connectivity index is 1.57. The van der Waals surface area contributed by atoms with Crippen molar-refractivity contribution in [1.29, 1.82) is 0 Å². The van der Waals surface area contributed by atoms with E-state index in [9.17, 15) is 0 Å². The second-order valence-electron chi connectivity index (χ2n) is 5.07. The molecule has 0 aliphatic heterocycles. The molecule has 2 aromatic carbocycles. The zero-order valence-electron chi connectivity index (χ0n) is 12.7. The number of nitrogens with zero attached hydrogens (tertiary/aromatic N) is 2. The molecular weight excluding hydrogens is 345 g/mol. The third-order valence-corrected chi connectivity index (χ3v) is 4.08. The SMILES string of the molecule is Clc1cccc(Cl)c1COc1cnc(NCc2ccccc2)cn1. The Labute approximate surface area is 150 Å². The lowest BCUT2D eigenvalue weighted by atomic mass is 10.2. The molecular formula is C18H15Cl2N3O. The van der Waals surface area contributed by atoms with Gasteiger partial charge in [-0.3, -0.25) is 0 Å². The van der Waals surface area contributed by atoms with E-state index >= 15 is 0 Å². The molecule has 24 heavy (non-hydrogen) atoms. The average molecular weight is 360 g/mol. The minimum atomic E-state index is 0.240. The molecule has 0 saturated carbocycles. The van der Waals surface area contributed by atoms with E-state index in [1.165, 1.54) is 5.56 Å². The Morgan fingerprint density at radius 1 is 0.875 bits per heavy atom. The minimum Gasteiger partial charge on any atom is -0.472 e. The fraction of sp³-hybridized carbons (Fsp3) is 0.111. The highest BCUT2D eigenvalue weighted by Gasteiger charge is 2.07. The first-order valence-corrected chi connectivity index (χ1v) is 8.13. The maximum atomic E-state index is 6.11. The topological polar surface area (TPSA) is 47.0 Å². The van der Waals surface area contributed by atoms with Crippen molar-refractivity contribution >= 4 is 29.0 Å². The summed E-state index contributed by atoms with van der Waals surface area (Å²) in [5.41, 5.74) is 1.90. The van der Waals surface area contributed by atoms with Crippen LogP contribution in [0.1, 0.15) is 11.1 Å². The van der Waals surface area contributed by atoms with Crippen LogP contribution in [0.25, 0.3) is 0 Å². The Kier molecular flexibility index (Phi) is 5.51. The monoisotopic (exact) mass is 359 g/mol. The zero-order chi connectivity index (χ0) is 16.8. The van der Waals surface area contributed by atoms with Gasteiger partial charge in [-0.15, -0.1) is 0 Å². The van der Waals surface area contributed by atoms with E-state index in [1.54, 1.807) is 30.6 Å². The summed E-state index contributed by atoms with van der Waals surface area (Å²) in [6, 6.07) is 15.4. The summed E-state index contributed by atoms with van der Waals surface area (Å²) < 4.78 is 5.60. The minimum absolute atomic E-state index is 0.240. The molecule has 0 atom stereocenters. The lowest BCUT2D eigenvalue weighted by molar-refractivity contribution is 0.293. The number of hydrogen-bond acceptors (Lipinski definition) is 4. The van der Waals surface area contributed by atoms with Gasteiger partial charge in [0.2, 0.25) is 5.88 Å². The zero-order valence-corrected chi connectivity index (χ0v) is 14.3. The molecule has 0 bridgehead atoms. The molecule has 6 heteroatoms. The number of aromatic nitrogens is 2. The van der Waals surface area contributed by atoms with Crippen molar-refractivity contribution < 1.29 is 4.74 Å². The van der Waals surface area contributed by atoms with E-state index in [0.717, 1.165) is 5.56 Å².